The normalized spacial score (nSPS) is 15.4. The Morgan fingerprint density at radius 2 is 2.00 bits per heavy atom. The van der Waals surface area contributed by atoms with Crippen molar-refractivity contribution in [1.29, 1.82) is 0 Å². The van der Waals surface area contributed by atoms with Gasteiger partial charge in [-0.25, -0.2) is 4.79 Å². The van der Waals surface area contributed by atoms with Gasteiger partial charge in [-0.05, 0) is 54.8 Å². The van der Waals surface area contributed by atoms with E-state index >= 15 is 0 Å². The number of rotatable bonds is 5. The third kappa shape index (κ3) is 4.98. The van der Waals surface area contributed by atoms with E-state index in [0.717, 1.165) is 28.7 Å². The maximum atomic E-state index is 12.7. The summed E-state index contributed by atoms with van der Waals surface area (Å²) >= 11 is 0. The molecule has 1 atom stereocenters. The summed E-state index contributed by atoms with van der Waals surface area (Å²) in [5.74, 6) is -0.256. The van der Waals surface area contributed by atoms with E-state index < -0.39 is 0 Å². The number of hydrogen-bond donors (Lipinski definition) is 2. The Balaban J connectivity index is 1.58. The Morgan fingerprint density at radius 1 is 1.15 bits per heavy atom. The number of nitrogens with one attached hydrogen (secondary N) is 2. The molecule has 3 amide bonds. The molecule has 1 aliphatic rings. The highest BCUT2D eigenvalue weighted by Crippen LogP contribution is 2.28. The van der Waals surface area contributed by atoms with Crippen LogP contribution in [0.4, 0.5) is 10.5 Å². The Bertz CT molecular complexity index is 1180. The molecule has 0 radical (unpaired) electrons. The van der Waals surface area contributed by atoms with Crippen LogP contribution >= 0.6 is 0 Å². The fraction of sp³-hybridized carbons (Fsp3) is 0.292. The van der Waals surface area contributed by atoms with E-state index in [1.54, 1.807) is 37.5 Å². The second-order valence-electron chi connectivity index (χ2n) is 7.89. The first-order valence-corrected chi connectivity index (χ1v) is 10.7. The van der Waals surface area contributed by atoms with Gasteiger partial charge in [-0.15, -0.1) is 0 Å². The van der Waals surface area contributed by atoms with Crippen LogP contribution in [0.25, 0.3) is 22.4 Å². The van der Waals surface area contributed by atoms with Crippen molar-refractivity contribution in [2.45, 2.75) is 19.4 Å². The minimum Gasteiger partial charge on any atom is -0.380 e. The molecule has 4 rings (SSSR count). The molecule has 33 heavy (non-hydrogen) atoms. The SMILES string of the molecule is CNC(=O)c1cc(-c2cnnc(-c3cc(NC(=O)N4CC[C@H](OC)C4)ccc3C)c2)ccn1. The first kappa shape index (κ1) is 22.3. The summed E-state index contributed by atoms with van der Waals surface area (Å²) in [6, 6.07) is 11.0. The minimum absolute atomic E-state index is 0.0828. The maximum absolute atomic E-state index is 12.7. The summed E-state index contributed by atoms with van der Waals surface area (Å²) < 4.78 is 5.35. The lowest BCUT2D eigenvalue weighted by Gasteiger charge is -2.18. The number of urea groups is 1. The quantitative estimate of drug-likeness (QED) is 0.623. The number of nitrogens with zero attached hydrogens (tertiary/aromatic N) is 4. The third-order valence-corrected chi connectivity index (χ3v) is 5.74. The lowest BCUT2D eigenvalue weighted by atomic mass is 10.0. The molecule has 1 fully saturated rings. The van der Waals surface area contributed by atoms with E-state index in [1.807, 2.05) is 37.3 Å². The summed E-state index contributed by atoms with van der Waals surface area (Å²) in [6.07, 6.45) is 4.16. The third-order valence-electron chi connectivity index (χ3n) is 5.74. The molecule has 3 heterocycles. The molecule has 2 aromatic heterocycles. The number of likely N-dealkylation sites (tertiary alicyclic amines) is 1. The van der Waals surface area contributed by atoms with E-state index in [0.29, 0.717) is 30.2 Å². The monoisotopic (exact) mass is 446 g/mol. The number of amides is 3. The van der Waals surface area contributed by atoms with E-state index in [9.17, 15) is 9.59 Å². The summed E-state index contributed by atoms with van der Waals surface area (Å²) in [6.45, 7) is 3.23. The number of hydrogen-bond acceptors (Lipinski definition) is 6. The zero-order valence-electron chi connectivity index (χ0n) is 18.8. The lowest BCUT2D eigenvalue weighted by molar-refractivity contribution is 0.0958. The van der Waals surface area contributed by atoms with Crippen molar-refractivity contribution in [3.8, 4) is 22.4 Å². The lowest BCUT2D eigenvalue weighted by Crippen LogP contribution is -2.33. The summed E-state index contributed by atoms with van der Waals surface area (Å²) in [7, 11) is 3.23. The Morgan fingerprint density at radius 3 is 2.76 bits per heavy atom. The molecular weight excluding hydrogens is 420 g/mol. The van der Waals surface area contributed by atoms with E-state index in [-0.39, 0.29) is 18.0 Å². The maximum Gasteiger partial charge on any atom is 0.321 e. The van der Waals surface area contributed by atoms with Gasteiger partial charge in [0, 0.05) is 50.3 Å². The fourth-order valence-corrected chi connectivity index (χ4v) is 3.80. The number of aryl methyl sites for hydroxylation is 1. The second kappa shape index (κ2) is 9.74. The van der Waals surface area contributed by atoms with Gasteiger partial charge >= 0.3 is 6.03 Å². The summed E-state index contributed by atoms with van der Waals surface area (Å²) in [5, 5.41) is 14.0. The Hall–Kier alpha value is -3.85. The van der Waals surface area contributed by atoms with Crippen molar-refractivity contribution in [2.75, 3.05) is 32.6 Å². The van der Waals surface area contributed by atoms with Crippen molar-refractivity contribution in [2.24, 2.45) is 0 Å². The molecule has 2 N–H and O–H groups in total. The fourth-order valence-electron chi connectivity index (χ4n) is 3.80. The average molecular weight is 447 g/mol. The molecule has 1 aromatic carbocycles. The van der Waals surface area contributed by atoms with E-state index in [2.05, 4.69) is 25.8 Å². The van der Waals surface area contributed by atoms with Gasteiger partial charge in [-0.2, -0.15) is 10.2 Å². The molecule has 0 saturated carbocycles. The minimum atomic E-state index is -0.256. The van der Waals surface area contributed by atoms with Crippen LogP contribution in [0, 0.1) is 6.92 Å². The molecular formula is C24H26N6O3. The van der Waals surface area contributed by atoms with Crippen LogP contribution < -0.4 is 10.6 Å². The van der Waals surface area contributed by atoms with Crippen molar-refractivity contribution in [3.05, 3.63) is 60.0 Å². The number of pyridine rings is 1. The van der Waals surface area contributed by atoms with Crippen LogP contribution in [0.5, 0.6) is 0 Å². The first-order chi connectivity index (χ1) is 16.0. The molecule has 0 spiro atoms. The first-order valence-electron chi connectivity index (χ1n) is 10.7. The predicted octanol–water partition coefficient (Wildman–Crippen LogP) is 3.13. The topological polar surface area (TPSA) is 109 Å². The average Bonchev–Trinajstić information content (AvgIpc) is 3.34. The molecule has 3 aromatic rings. The highest BCUT2D eigenvalue weighted by atomic mass is 16.5. The number of benzene rings is 1. The van der Waals surface area contributed by atoms with Crippen molar-refractivity contribution < 1.29 is 14.3 Å². The van der Waals surface area contributed by atoms with Gasteiger partial charge in [0.2, 0.25) is 0 Å². The molecule has 170 valence electrons. The van der Waals surface area contributed by atoms with Crippen LogP contribution in [0.15, 0.2) is 48.8 Å². The number of carbonyl (C=O) groups is 2. The molecule has 1 saturated heterocycles. The van der Waals surface area contributed by atoms with Crippen molar-refractivity contribution in [3.63, 3.8) is 0 Å². The zero-order valence-corrected chi connectivity index (χ0v) is 18.8. The van der Waals surface area contributed by atoms with E-state index in [1.165, 1.54) is 0 Å². The van der Waals surface area contributed by atoms with Crippen LogP contribution in [-0.2, 0) is 4.74 Å². The predicted molar refractivity (Wildman–Crippen MR) is 125 cm³/mol. The van der Waals surface area contributed by atoms with Gasteiger partial charge in [-0.1, -0.05) is 6.07 Å². The summed E-state index contributed by atoms with van der Waals surface area (Å²) in [4.78, 5) is 30.5. The standard InChI is InChI=1S/C24H26N6O3/c1-15-4-5-18(28-24(32)30-9-7-19(14-30)33-3)12-20(15)21-11-17(13-27-29-21)16-6-8-26-22(10-16)23(31)25-2/h4-6,8,10-13,19H,7,9,14H2,1-3H3,(H,25,31)(H,28,32)/t19-/m0/s1. The number of anilines is 1. The molecule has 0 unspecified atom stereocenters. The van der Waals surface area contributed by atoms with Crippen LogP contribution in [0.1, 0.15) is 22.5 Å². The van der Waals surface area contributed by atoms with Gasteiger partial charge in [0.25, 0.3) is 5.91 Å². The summed E-state index contributed by atoms with van der Waals surface area (Å²) in [5.41, 5.74) is 5.15. The highest BCUT2D eigenvalue weighted by Gasteiger charge is 2.26. The van der Waals surface area contributed by atoms with Gasteiger partial charge in [0.1, 0.15) is 5.69 Å². The Labute approximate surface area is 192 Å². The molecule has 0 bridgehead atoms. The zero-order chi connectivity index (χ0) is 23.4. The van der Waals surface area contributed by atoms with Gasteiger partial charge < -0.3 is 20.3 Å². The molecule has 1 aliphatic heterocycles. The number of carbonyl (C=O) groups excluding carboxylic acids is 2. The van der Waals surface area contributed by atoms with Crippen LogP contribution in [0.2, 0.25) is 0 Å². The number of methoxy groups -OCH3 is 1. The largest absolute Gasteiger partial charge is 0.380 e. The van der Waals surface area contributed by atoms with Gasteiger partial charge in [0.05, 0.1) is 18.0 Å². The smallest absolute Gasteiger partial charge is 0.321 e. The molecule has 9 heteroatoms. The van der Waals surface area contributed by atoms with Gasteiger partial charge in [0.15, 0.2) is 0 Å². The van der Waals surface area contributed by atoms with E-state index in [4.69, 9.17) is 4.74 Å². The van der Waals surface area contributed by atoms with Crippen molar-refractivity contribution in [1.82, 2.24) is 25.4 Å². The Kier molecular flexibility index (Phi) is 6.60. The molecule has 0 aliphatic carbocycles. The highest BCUT2D eigenvalue weighted by molar-refractivity contribution is 5.93. The van der Waals surface area contributed by atoms with Gasteiger partial charge in [-0.3, -0.25) is 9.78 Å². The number of aromatic nitrogens is 3. The molecule has 9 nitrogen and oxygen atoms in total. The van der Waals surface area contributed by atoms with Crippen molar-refractivity contribution >= 4 is 17.6 Å². The second-order valence-corrected chi connectivity index (χ2v) is 7.89. The number of ether oxygens (including phenoxy) is 1. The van der Waals surface area contributed by atoms with Crippen LogP contribution in [-0.4, -0.2) is 65.4 Å². The van der Waals surface area contributed by atoms with Crippen LogP contribution in [0.3, 0.4) is 0 Å².